The van der Waals surface area contributed by atoms with Crippen LogP contribution in [0.25, 0.3) is 11.5 Å². The Kier molecular flexibility index (Phi) is 2.50. The SMILES string of the molecule is O=S(=O)(Cl)c1ccc(-c2ncco2)cc1. The summed E-state index contributed by atoms with van der Waals surface area (Å²) in [6, 6.07) is 5.98. The van der Waals surface area contributed by atoms with Crippen LogP contribution in [0.3, 0.4) is 0 Å². The van der Waals surface area contributed by atoms with Gasteiger partial charge in [-0.15, -0.1) is 0 Å². The average molecular weight is 244 g/mol. The minimum Gasteiger partial charge on any atom is -0.445 e. The molecule has 0 aliphatic rings. The largest absolute Gasteiger partial charge is 0.445 e. The van der Waals surface area contributed by atoms with Crippen molar-refractivity contribution in [3.05, 3.63) is 36.7 Å². The number of aromatic nitrogens is 1. The van der Waals surface area contributed by atoms with Crippen molar-refractivity contribution < 1.29 is 12.8 Å². The third kappa shape index (κ3) is 2.19. The van der Waals surface area contributed by atoms with Crippen LogP contribution in [0, 0.1) is 0 Å². The van der Waals surface area contributed by atoms with Gasteiger partial charge in [0.05, 0.1) is 11.1 Å². The summed E-state index contributed by atoms with van der Waals surface area (Å²) < 4.78 is 27.0. The first kappa shape index (κ1) is 10.2. The van der Waals surface area contributed by atoms with Gasteiger partial charge in [0, 0.05) is 16.2 Å². The first-order chi connectivity index (χ1) is 7.07. The zero-order chi connectivity index (χ0) is 10.9. The van der Waals surface area contributed by atoms with Gasteiger partial charge in [0.25, 0.3) is 9.05 Å². The molecule has 2 aromatic rings. The van der Waals surface area contributed by atoms with E-state index in [0.29, 0.717) is 11.5 Å². The number of rotatable bonds is 2. The molecule has 1 aromatic carbocycles. The molecule has 15 heavy (non-hydrogen) atoms. The van der Waals surface area contributed by atoms with Crippen LogP contribution in [-0.4, -0.2) is 13.4 Å². The van der Waals surface area contributed by atoms with Gasteiger partial charge in [0.2, 0.25) is 5.89 Å². The summed E-state index contributed by atoms with van der Waals surface area (Å²) in [5.41, 5.74) is 0.698. The van der Waals surface area contributed by atoms with E-state index in [-0.39, 0.29) is 4.90 Å². The highest BCUT2D eigenvalue weighted by Crippen LogP contribution is 2.21. The van der Waals surface area contributed by atoms with Crippen molar-refractivity contribution in [2.75, 3.05) is 0 Å². The summed E-state index contributed by atoms with van der Waals surface area (Å²) in [6.07, 6.45) is 2.96. The van der Waals surface area contributed by atoms with E-state index in [2.05, 4.69) is 4.98 Å². The summed E-state index contributed by atoms with van der Waals surface area (Å²) in [7, 11) is 1.50. The molecule has 1 aromatic heterocycles. The predicted octanol–water partition coefficient (Wildman–Crippen LogP) is 2.27. The molecule has 0 fully saturated rings. The van der Waals surface area contributed by atoms with Crippen molar-refractivity contribution in [2.45, 2.75) is 4.90 Å². The maximum absolute atomic E-state index is 11.0. The highest BCUT2D eigenvalue weighted by atomic mass is 35.7. The van der Waals surface area contributed by atoms with Gasteiger partial charge in [0.15, 0.2) is 0 Å². The highest BCUT2D eigenvalue weighted by Gasteiger charge is 2.10. The summed E-state index contributed by atoms with van der Waals surface area (Å²) in [5, 5.41) is 0. The molecule has 0 saturated carbocycles. The molecule has 0 aliphatic heterocycles. The molecule has 0 radical (unpaired) electrons. The first-order valence-corrected chi connectivity index (χ1v) is 6.33. The molecule has 0 bridgehead atoms. The van der Waals surface area contributed by atoms with Gasteiger partial charge in [-0.25, -0.2) is 13.4 Å². The lowest BCUT2D eigenvalue weighted by atomic mass is 10.2. The zero-order valence-electron chi connectivity index (χ0n) is 7.42. The average Bonchev–Trinajstić information content (AvgIpc) is 2.69. The van der Waals surface area contributed by atoms with Gasteiger partial charge in [-0.2, -0.15) is 0 Å². The molecule has 2 rings (SSSR count). The maximum atomic E-state index is 11.0. The van der Waals surface area contributed by atoms with E-state index in [1.54, 1.807) is 12.1 Å². The van der Waals surface area contributed by atoms with Gasteiger partial charge in [0.1, 0.15) is 6.26 Å². The van der Waals surface area contributed by atoms with Crippen molar-refractivity contribution >= 4 is 19.7 Å². The number of benzene rings is 1. The molecule has 0 unspecified atom stereocenters. The Morgan fingerprint density at radius 1 is 1.20 bits per heavy atom. The van der Waals surface area contributed by atoms with Crippen molar-refractivity contribution in [2.24, 2.45) is 0 Å². The van der Waals surface area contributed by atoms with E-state index in [1.165, 1.54) is 24.6 Å². The molecule has 0 amide bonds. The molecular formula is C9H6ClNO3S. The van der Waals surface area contributed by atoms with Crippen molar-refractivity contribution in [1.82, 2.24) is 4.98 Å². The van der Waals surface area contributed by atoms with Gasteiger partial charge < -0.3 is 4.42 Å². The fraction of sp³-hybridized carbons (Fsp3) is 0. The minimum atomic E-state index is -3.67. The van der Waals surface area contributed by atoms with Crippen LogP contribution in [0.15, 0.2) is 46.0 Å². The number of hydrogen-bond donors (Lipinski definition) is 0. The fourth-order valence-electron chi connectivity index (χ4n) is 1.13. The van der Waals surface area contributed by atoms with Gasteiger partial charge in [-0.05, 0) is 24.3 Å². The quantitative estimate of drug-likeness (QED) is 0.759. The summed E-state index contributed by atoms with van der Waals surface area (Å²) in [6.45, 7) is 0. The summed E-state index contributed by atoms with van der Waals surface area (Å²) in [4.78, 5) is 3.98. The number of halogens is 1. The zero-order valence-corrected chi connectivity index (χ0v) is 8.99. The molecule has 0 spiro atoms. The van der Waals surface area contributed by atoms with Crippen LogP contribution in [0.2, 0.25) is 0 Å². The lowest BCUT2D eigenvalue weighted by Crippen LogP contribution is -1.89. The van der Waals surface area contributed by atoms with E-state index in [9.17, 15) is 8.42 Å². The topological polar surface area (TPSA) is 60.2 Å². The van der Waals surface area contributed by atoms with Crippen LogP contribution in [0.5, 0.6) is 0 Å². The molecule has 0 atom stereocenters. The molecule has 4 nitrogen and oxygen atoms in total. The van der Waals surface area contributed by atoms with Crippen LogP contribution < -0.4 is 0 Å². The molecule has 78 valence electrons. The van der Waals surface area contributed by atoms with Crippen LogP contribution >= 0.6 is 10.7 Å². The second-order valence-corrected chi connectivity index (χ2v) is 5.37. The predicted molar refractivity (Wildman–Crippen MR) is 55.0 cm³/mol. The van der Waals surface area contributed by atoms with Crippen molar-refractivity contribution in [3.8, 4) is 11.5 Å². The fourth-order valence-corrected chi connectivity index (χ4v) is 1.90. The number of oxazole rings is 1. The molecule has 0 N–H and O–H groups in total. The van der Waals surface area contributed by atoms with E-state index in [4.69, 9.17) is 15.1 Å². The van der Waals surface area contributed by atoms with Crippen LogP contribution in [0.4, 0.5) is 0 Å². The van der Waals surface area contributed by atoms with Crippen molar-refractivity contribution in [3.63, 3.8) is 0 Å². The van der Waals surface area contributed by atoms with Gasteiger partial charge in [-0.3, -0.25) is 0 Å². The van der Waals surface area contributed by atoms with Gasteiger partial charge >= 0.3 is 0 Å². The molecule has 0 saturated heterocycles. The summed E-state index contributed by atoms with van der Waals surface area (Å²) >= 11 is 0. The molecule has 6 heteroatoms. The van der Waals surface area contributed by atoms with E-state index < -0.39 is 9.05 Å². The lowest BCUT2D eigenvalue weighted by Gasteiger charge is -1.97. The van der Waals surface area contributed by atoms with E-state index in [0.717, 1.165) is 0 Å². The smallest absolute Gasteiger partial charge is 0.261 e. The second-order valence-electron chi connectivity index (χ2n) is 2.80. The third-order valence-corrected chi connectivity index (χ3v) is 3.18. The van der Waals surface area contributed by atoms with Crippen LogP contribution in [0.1, 0.15) is 0 Å². The normalized spacial score (nSPS) is 11.5. The number of nitrogens with zero attached hydrogens (tertiary/aromatic N) is 1. The minimum absolute atomic E-state index is 0.0551. The first-order valence-electron chi connectivity index (χ1n) is 4.02. The Bertz CT molecular complexity index is 546. The lowest BCUT2D eigenvalue weighted by molar-refractivity contribution is 0.574. The Morgan fingerprint density at radius 3 is 2.33 bits per heavy atom. The Morgan fingerprint density at radius 2 is 1.87 bits per heavy atom. The van der Waals surface area contributed by atoms with Crippen LogP contribution in [-0.2, 0) is 9.05 Å². The summed E-state index contributed by atoms with van der Waals surface area (Å²) in [5.74, 6) is 0.438. The Hall–Kier alpha value is -1.33. The number of hydrogen-bond acceptors (Lipinski definition) is 4. The van der Waals surface area contributed by atoms with Crippen molar-refractivity contribution in [1.29, 1.82) is 0 Å². The maximum Gasteiger partial charge on any atom is 0.261 e. The van der Waals surface area contributed by atoms with E-state index >= 15 is 0 Å². The van der Waals surface area contributed by atoms with Gasteiger partial charge in [-0.1, -0.05) is 0 Å². The molecule has 1 heterocycles. The Balaban J connectivity index is 2.42. The van der Waals surface area contributed by atoms with E-state index in [1.807, 2.05) is 0 Å². The monoisotopic (exact) mass is 243 g/mol. The Labute approximate surface area is 90.9 Å². The molecule has 0 aliphatic carbocycles. The standard InChI is InChI=1S/C9H6ClNO3S/c10-15(12,13)8-3-1-7(2-4-8)9-11-5-6-14-9/h1-6H. The highest BCUT2D eigenvalue weighted by molar-refractivity contribution is 8.13. The third-order valence-electron chi connectivity index (χ3n) is 1.82. The second kappa shape index (κ2) is 3.67. The molecular weight excluding hydrogens is 238 g/mol.